The smallest absolute Gasteiger partial charge is 0.323 e. The van der Waals surface area contributed by atoms with Crippen molar-refractivity contribution in [1.82, 2.24) is 29.9 Å². The van der Waals surface area contributed by atoms with Crippen molar-refractivity contribution in [3.05, 3.63) is 54.1 Å². The molecule has 4 bridgehead atoms. The van der Waals surface area contributed by atoms with Gasteiger partial charge in [0.15, 0.2) is 0 Å². The third-order valence-electron chi connectivity index (χ3n) is 14.2. The molecule has 6 aliphatic rings. The number of nitrogens with one attached hydrogen (secondary N) is 1. The average Bonchev–Trinajstić information content (AvgIpc) is 3.74. The van der Waals surface area contributed by atoms with Crippen LogP contribution in [0.5, 0.6) is 6.01 Å². The van der Waals surface area contributed by atoms with Gasteiger partial charge in [-0.15, -0.1) is 5.10 Å². The molecule has 0 radical (unpaired) electrons. The van der Waals surface area contributed by atoms with E-state index in [1.807, 2.05) is 53.2 Å². The van der Waals surface area contributed by atoms with Crippen molar-refractivity contribution >= 4 is 29.4 Å². The van der Waals surface area contributed by atoms with Crippen LogP contribution in [0.25, 0.3) is 22.5 Å². The maximum atomic E-state index is 13.4. The van der Waals surface area contributed by atoms with Crippen molar-refractivity contribution in [2.75, 3.05) is 101 Å². The number of amides is 2. The summed E-state index contributed by atoms with van der Waals surface area (Å²) in [6.07, 6.45) is 10.1. The van der Waals surface area contributed by atoms with Gasteiger partial charge in [-0.25, -0.2) is 4.68 Å². The molecule has 3 N–H and O–H groups in total. The summed E-state index contributed by atoms with van der Waals surface area (Å²) in [5.74, 6) is 3.86. The molecule has 2 aliphatic heterocycles. The zero-order valence-electron chi connectivity index (χ0n) is 39.5. The van der Waals surface area contributed by atoms with E-state index >= 15 is 0 Å². The zero-order valence-corrected chi connectivity index (χ0v) is 39.5. The Morgan fingerprint density at radius 3 is 1.96 bits per heavy atom. The first kappa shape index (κ1) is 47.8. The number of carbonyl (C=O) groups is 2. The highest BCUT2D eigenvalue weighted by Crippen LogP contribution is 2.56. The maximum absolute atomic E-state index is 13.4. The molecule has 4 aliphatic carbocycles. The third kappa shape index (κ3) is 12.1. The Hall–Kier alpha value is -5.27. The van der Waals surface area contributed by atoms with E-state index in [0.29, 0.717) is 115 Å². The van der Waals surface area contributed by atoms with E-state index in [1.165, 1.54) is 38.5 Å². The van der Waals surface area contributed by atoms with Crippen LogP contribution in [0.2, 0.25) is 0 Å². The largest absolute Gasteiger partial charge is 0.461 e. The Labute approximate surface area is 398 Å². The summed E-state index contributed by atoms with van der Waals surface area (Å²) < 4.78 is 36.7. The van der Waals surface area contributed by atoms with Crippen LogP contribution in [0.15, 0.2) is 48.5 Å². The fraction of sp³-hybridized carbons (Fsp3) is 0.620. The van der Waals surface area contributed by atoms with Gasteiger partial charge < -0.3 is 49.3 Å². The number of hydrogen-bond donors (Lipinski definition) is 2. The van der Waals surface area contributed by atoms with Gasteiger partial charge in [-0.2, -0.15) is 15.0 Å². The van der Waals surface area contributed by atoms with Gasteiger partial charge in [-0.1, -0.05) is 54.6 Å². The molecule has 18 heteroatoms. The summed E-state index contributed by atoms with van der Waals surface area (Å²) in [6, 6.07) is 15.9. The quantitative estimate of drug-likeness (QED) is 0.0767. The van der Waals surface area contributed by atoms with E-state index in [9.17, 15) is 9.59 Å². The van der Waals surface area contributed by atoms with E-state index in [-0.39, 0.29) is 24.3 Å². The molecule has 2 amide bonds. The van der Waals surface area contributed by atoms with Gasteiger partial charge in [-0.05, 0) is 86.7 Å². The van der Waals surface area contributed by atoms with Crippen LogP contribution in [0.4, 0.5) is 17.6 Å². The number of ether oxygens (including phenoxy) is 6. The second kappa shape index (κ2) is 22.9. The molecule has 4 aromatic rings. The summed E-state index contributed by atoms with van der Waals surface area (Å²) in [4.78, 5) is 43.3. The second-order valence-electron chi connectivity index (χ2n) is 19.3. The monoisotopic (exact) mass is 937 g/mol. The lowest BCUT2D eigenvalue weighted by Gasteiger charge is -2.56. The lowest BCUT2D eigenvalue weighted by atomic mass is 9.53. The van der Waals surface area contributed by atoms with E-state index in [0.717, 1.165) is 72.0 Å². The van der Waals surface area contributed by atoms with Crippen LogP contribution in [0.3, 0.4) is 0 Å². The highest BCUT2D eigenvalue weighted by Gasteiger charge is 2.51. The number of carbonyl (C=O) groups excluding carboxylic acids is 2. The molecule has 68 heavy (non-hydrogen) atoms. The highest BCUT2D eigenvalue weighted by molar-refractivity contribution is 6.01. The van der Waals surface area contributed by atoms with E-state index in [1.54, 1.807) is 4.90 Å². The molecule has 0 atom stereocenters. The van der Waals surface area contributed by atoms with Crippen molar-refractivity contribution in [2.24, 2.45) is 29.4 Å². The Morgan fingerprint density at radius 1 is 0.721 bits per heavy atom. The Morgan fingerprint density at radius 2 is 1.31 bits per heavy atom. The molecule has 2 aromatic carbocycles. The summed E-state index contributed by atoms with van der Waals surface area (Å²) in [5, 5.41) is 12.9. The Bertz CT molecular complexity index is 2270. The molecule has 10 rings (SSSR count). The van der Waals surface area contributed by atoms with E-state index in [2.05, 4.69) is 27.5 Å². The lowest BCUT2D eigenvalue weighted by Crippen LogP contribution is -2.55. The first-order chi connectivity index (χ1) is 33.3. The minimum Gasteiger partial charge on any atom is -0.461 e. The number of primary amides is 1. The first-order valence-electron chi connectivity index (χ1n) is 24.8. The zero-order chi connectivity index (χ0) is 46.7. The minimum atomic E-state index is -0.511. The number of piperidine rings is 1. The van der Waals surface area contributed by atoms with Gasteiger partial charge in [0.25, 0.3) is 0 Å². The number of rotatable bonds is 25. The Kier molecular flexibility index (Phi) is 16.1. The number of fused-ring (bicyclic) bond motifs is 5. The molecule has 0 unspecified atom stereocenters. The first-order valence-corrected chi connectivity index (χ1v) is 24.8. The second-order valence-corrected chi connectivity index (χ2v) is 19.3. The van der Waals surface area contributed by atoms with Crippen molar-refractivity contribution < 1.29 is 38.0 Å². The predicted octanol–water partition coefficient (Wildman–Crippen LogP) is 5.69. The van der Waals surface area contributed by atoms with Crippen LogP contribution in [-0.4, -0.2) is 133 Å². The minimum absolute atomic E-state index is 0.0182. The van der Waals surface area contributed by atoms with Crippen molar-refractivity contribution in [1.29, 1.82) is 0 Å². The van der Waals surface area contributed by atoms with Crippen molar-refractivity contribution in [2.45, 2.75) is 89.8 Å². The molecule has 0 spiro atoms. The number of benzene rings is 2. The predicted molar refractivity (Wildman–Crippen MR) is 255 cm³/mol. The third-order valence-corrected chi connectivity index (χ3v) is 14.2. The number of nitrogens with two attached hydrogens (primary N) is 1. The van der Waals surface area contributed by atoms with Crippen LogP contribution in [0.1, 0.15) is 76.7 Å². The van der Waals surface area contributed by atoms with Crippen LogP contribution in [-0.2, 0) is 46.4 Å². The number of aromatic nitrogens is 6. The maximum Gasteiger partial charge on any atom is 0.323 e. The van der Waals surface area contributed by atoms with Gasteiger partial charge in [0, 0.05) is 42.6 Å². The fourth-order valence-corrected chi connectivity index (χ4v) is 11.2. The molecule has 18 nitrogen and oxygen atoms in total. The number of para-hydroxylation sites is 1. The normalized spacial score (nSPS) is 21.8. The standard InChI is InChI=1S/C50H68N10O8/c1-35-12-14-58(15-13-35)48-52-47(55-50-31-36-28-37(32-50)30-38(29-36)33-50)53-49(54-48)68-27-26-67-25-24-66-23-22-65-21-20-64-19-18-63-17-16-60-46-40-7-3-2-6-39(40)34-59(44(62)11-10-43(51)61)42-9-5-4-8-41(42)45(46)56-57-60/h2-9,35-38H,10-34H2,1H3,(H2,51,61)(H,52,53,54,55). The topological polar surface area (TPSA) is 203 Å². The van der Waals surface area contributed by atoms with Crippen LogP contribution >= 0.6 is 0 Å². The summed E-state index contributed by atoms with van der Waals surface area (Å²) in [7, 11) is 0. The van der Waals surface area contributed by atoms with Gasteiger partial charge >= 0.3 is 6.01 Å². The molecule has 1 saturated heterocycles. The lowest BCUT2D eigenvalue weighted by molar-refractivity contribution is -0.123. The molecular weight excluding hydrogens is 869 g/mol. The summed E-state index contributed by atoms with van der Waals surface area (Å²) in [5.41, 5.74) is 10.4. The van der Waals surface area contributed by atoms with E-state index < -0.39 is 5.91 Å². The molecule has 2 aromatic heterocycles. The molecule has 4 heterocycles. The van der Waals surface area contributed by atoms with Crippen molar-refractivity contribution in [3.63, 3.8) is 0 Å². The Balaban J connectivity index is 0.631. The van der Waals surface area contributed by atoms with Crippen LogP contribution in [0, 0.1) is 23.7 Å². The molecule has 4 saturated carbocycles. The number of nitrogens with zero attached hydrogens (tertiary/aromatic N) is 8. The molecule has 5 fully saturated rings. The fourth-order valence-electron chi connectivity index (χ4n) is 11.2. The molecular formula is C50H68N10O8. The SMILES string of the molecule is CC1CCN(c2nc(NC34CC5CC(CC(C5)C3)C4)nc(OCCOCCOCCOCCOCCOCCn3nnc4c3-c3ccccc3CN(C(=O)CCC(N)=O)c3ccccc3-4)n2)CC1. The van der Waals surface area contributed by atoms with Gasteiger partial charge in [0.2, 0.25) is 23.7 Å². The summed E-state index contributed by atoms with van der Waals surface area (Å²) >= 11 is 0. The van der Waals surface area contributed by atoms with Crippen molar-refractivity contribution in [3.8, 4) is 28.5 Å². The van der Waals surface area contributed by atoms with Gasteiger partial charge in [0.05, 0.1) is 90.5 Å². The number of hydrogen-bond acceptors (Lipinski definition) is 15. The summed E-state index contributed by atoms with van der Waals surface area (Å²) in [6.45, 7) is 9.72. The van der Waals surface area contributed by atoms with E-state index in [4.69, 9.17) is 49.1 Å². The average molecular weight is 937 g/mol. The van der Waals surface area contributed by atoms with Gasteiger partial charge in [-0.3, -0.25) is 9.59 Å². The number of anilines is 3. The van der Waals surface area contributed by atoms with Gasteiger partial charge in [0.1, 0.15) is 12.3 Å². The highest BCUT2D eigenvalue weighted by atomic mass is 16.6. The van der Waals surface area contributed by atoms with Crippen LogP contribution < -0.4 is 25.6 Å². The molecule has 366 valence electrons.